The maximum atomic E-state index is 12.5. The van der Waals surface area contributed by atoms with Crippen LogP contribution in [0.25, 0.3) is 0 Å². The molecule has 1 aromatic carbocycles. The number of carbonyl (C=O) groups is 1. The fourth-order valence-electron chi connectivity index (χ4n) is 2.39. The Bertz CT molecular complexity index is 465. The number of hydrogen-bond donors (Lipinski definition) is 0. The summed E-state index contributed by atoms with van der Waals surface area (Å²) < 4.78 is 5.23. The van der Waals surface area contributed by atoms with E-state index in [-0.39, 0.29) is 5.91 Å². The van der Waals surface area contributed by atoms with Crippen LogP contribution in [0.2, 0.25) is 5.02 Å². The van der Waals surface area contributed by atoms with Gasteiger partial charge < -0.3 is 9.64 Å². The van der Waals surface area contributed by atoms with Crippen LogP contribution in [0.3, 0.4) is 0 Å². The number of piperidine rings is 1. The number of benzene rings is 1. The van der Waals surface area contributed by atoms with Gasteiger partial charge in [-0.15, -0.1) is 11.6 Å². The van der Waals surface area contributed by atoms with Crippen molar-refractivity contribution in [3.05, 3.63) is 28.8 Å². The van der Waals surface area contributed by atoms with Crippen LogP contribution in [0.4, 0.5) is 0 Å². The highest BCUT2D eigenvalue weighted by atomic mass is 35.5. The van der Waals surface area contributed by atoms with Crippen LogP contribution >= 0.6 is 23.2 Å². The van der Waals surface area contributed by atoms with E-state index in [1.807, 2.05) is 4.90 Å². The normalized spacial score (nSPS) is 19.3. The lowest BCUT2D eigenvalue weighted by Crippen LogP contribution is -2.40. The molecule has 1 unspecified atom stereocenters. The van der Waals surface area contributed by atoms with Crippen LogP contribution in [0.1, 0.15) is 23.2 Å². The van der Waals surface area contributed by atoms with Gasteiger partial charge in [-0.2, -0.15) is 0 Å². The Morgan fingerprint density at radius 2 is 2.32 bits per heavy atom. The summed E-state index contributed by atoms with van der Waals surface area (Å²) in [6.07, 6.45) is 2.08. The molecule has 0 saturated carbocycles. The average Bonchev–Trinajstić information content (AvgIpc) is 2.46. The number of carbonyl (C=O) groups excluding carboxylic acids is 1. The second-order valence-corrected chi connectivity index (χ2v) is 5.50. The first-order valence-corrected chi connectivity index (χ1v) is 7.25. The molecule has 3 nitrogen and oxygen atoms in total. The zero-order valence-electron chi connectivity index (χ0n) is 10.9. The Balaban J connectivity index is 2.21. The summed E-state index contributed by atoms with van der Waals surface area (Å²) in [5.74, 6) is 1.50. The minimum atomic E-state index is -0.0332. The largest absolute Gasteiger partial charge is 0.496 e. The summed E-state index contributed by atoms with van der Waals surface area (Å²) in [5.41, 5.74) is 0.519. The van der Waals surface area contributed by atoms with Crippen LogP contribution in [0.5, 0.6) is 5.75 Å². The van der Waals surface area contributed by atoms with Crippen molar-refractivity contribution >= 4 is 29.1 Å². The van der Waals surface area contributed by atoms with E-state index in [4.69, 9.17) is 27.9 Å². The molecule has 1 fully saturated rings. The SMILES string of the molecule is COc1ccc(Cl)cc1C(=O)N1CCCC(CCl)C1. The maximum absolute atomic E-state index is 12.5. The van der Waals surface area contributed by atoms with E-state index in [1.165, 1.54) is 0 Å². The van der Waals surface area contributed by atoms with Crippen molar-refractivity contribution in [3.8, 4) is 5.75 Å². The van der Waals surface area contributed by atoms with Crippen molar-refractivity contribution in [1.29, 1.82) is 0 Å². The van der Waals surface area contributed by atoms with Crippen molar-refractivity contribution in [2.24, 2.45) is 5.92 Å². The standard InChI is InChI=1S/C14H17Cl2NO2/c1-19-13-5-4-11(16)7-12(13)14(18)17-6-2-3-10(8-15)9-17/h4-5,7,10H,2-3,6,8-9H2,1H3. The van der Waals surface area contributed by atoms with Gasteiger partial charge in [-0.3, -0.25) is 4.79 Å². The van der Waals surface area contributed by atoms with Crippen molar-refractivity contribution in [2.45, 2.75) is 12.8 Å². The van der Waals surface area contributed by atoms with Gasteiger partial charge in [0.25, 0.3) is 5.91 Å². The van der Waals surface area contributed by atoms with Crippen LogP contribution in [-0.2, 0) is 0 Å². The van der Waals surface area contributed by atoms with Gasteiger partial charge >= 0.3 is 0 Å². The van der Waals surface area contributed by atoms with Gasteiger partial charge in [0, 0.05) is 24.0 Å². The van der Waals surface area contributed by atoms with Crippen LogP contribution in [0, 0.1) is 5.92 Å². The number of nitrogens with zero attached hydrogens (tertiary/aromatic N) is 1. The zero-order valence-corrected chi connectivity index (χ0v) is 12.4. The molecule has 0 N–H and O–H groups in total. The first-order chi connectivity index (χ1) is 9.15. The van der Waals surface area contributed by atoms with Gasteiger partial charge in [0.05, 0.1) is 12.7 Å². The molecule has 19 heavy (non-hydrogen) atoms. The van der Waals surface area contributed by atoms with Crippen molar-refractivity contribution in [2.75, 3.05) is 26.1 Å². The second kappa shape index (κ2) is 6.49. The third-order valence-electron chi connectivity index (χ3n) is 3.42. The van der Waals surface area contributed by atoms with E-state index in [2.05, 4.69) is 0 Å². The summed E-state index contributed by atoms with van der Waals surface area (Å²) in [6, 6.07) is 5.10. The number of amides is 1. The van der Waals surface area contributed by atoms with E-state index < -0.39 is 0 Å². The van der Waals surface area contributed by atoms with Crippen molar-refractivity contribution in [1.82, 2.24) is 4.90 Å². The number of hydrogen-bond acceptors (Lipinski definition) is 2. The third-order valence-corrected chi connectivity index (χ3v) is 4.09. The minimum absolute atomic E-state index is 0.0332. The lowest BCUT2D eigenvalue weighted by Gasteiger charge is -2.32. The van der Waals surface area contributed by atoms with Crippen molar-refractivity contribution < 1.29 is 9.53 Å². The molecule has 1 aliphatic heterocycles. The molecule has 2 rings (SSSR count). The number of rotatable bonds is 3. The molecule has 0 radical (unpaired) electrons. The molecule has 1 aromatic rings. The summed E-state index contributed by atoms with van der Waals surface area (Å²) in [7, 11) is 1.55. The van der Waals surface area contributed by atoms with E-state index in [0.717, 1.165) is 19.4 Å². The first-order valence-electron chi connectivity index (χ1n) is 6.34. The molecule has 104 valence electrons. The van der Waals surface area contributed by atoms with Crippen LogP contribution in [-0.4, -0.2) is 36.9 Å². The smallest absolute Gasteiger partial charge is 0.257 e. The molecule has 1 saturated heterocycles. The number of alkyl halides is 1. The Labute approximate surface area is 123 Å². The highest BCUT2D eigenvalue weighted by molar-refractivity contribution is 6.31. The quantitative estimate of drug-likeness (QED) is 0.801. The molecule has 0 aromatic heterocycles. The summed E-state index contributed by atoms with van der Waals surface area (Å²) in [6.45, 7) is 1.47. The highest BCUT2D eigenvalue weighted by Gasteiger charge is 2.25. The fraction of sp³-hybridized carbons (Fsp3) is 0.500. The molecule has 1 aliphatic rings. The molecule has 1 heterocycles. The maximum Gasteiger partial charge on any atom is 0.257 e. The number of ether oxygens (including phenoxy) is 1. The van der Waals surface area contributed by atoms with Crippen LogP contribution < -0.4 is 4.74 Å². The summed E-state index contributed by atoms with van der Waals surface area (Å²) in [4.78, 5) is 14.4. The van der Waals surface area contributed by atoms with Gasteiger partial charge in [-0.25, -0.2) is 0 Å². The molecule has 0 aliphatic carbocycles. The topological polar surface area (TPSA) is 29.5 Å². The number of halogens is 2. The second-order valence-electron chi connectivity index (χ2n) is 4.76. The molecular weight excluding hydrogens is 285 g/mol. The highest BCUT2D eigenvalue weighted by Crippen LogP contribution is 2.26. The summed E-state index contributed by atoms with van der Waals surface area (Å²) in [5, 5.41) is 0.537. The van der Waals surface area contributed by atoms with E-state index >= 15 is 0 Å². The molecule has 5 heteroatoms. The van der Waals surface area contributed by atoms with Gasteiger partial charge in [-0.05, 0) is 37.0 Å². The van der Waals surface area contributed by atoms with Gasteiger partial charge in [0.15, 0.2) is 0 Å². The lowest BCUT2D eigenvalue weighted by atomic mass is 9.99. The van der Waals surface area contributed by atoms with E-state index in [9.17, 15) is 4.79 Å². The Morgan fingerprint density at radius 3 is 3.00 bits per heavy atom. The molecular formula is C14H17Cl2NO2. The van der Waals surface area contributed by atoms with Gasteiger partial charge in [-0.1, -0.05) is 11.6 Å². The van der Waals surface area contributed by atoms with E-state index in [1.54, 1.807) is 25.3 Å². The molecule has 0 bridgehead atoms. The molecule has 1 atom stereocenters. The van der Waals surface area contributed by atoms with Crippen LogP contribution in [0.15, 0.2) is 18.2 Å². The van der Waals surface area contributed by atoms with Gasteiger partial charge in [0.1, 0.15) is 5.75 Å². The minimum Gasteiger partial charge on any atom is -0.496 e. The fourth-order valence-corrected chi connectivity index (χ4v) is 2.82. The monoisotopic (exact) mass is 301 g/mol. The van der Waals surface area contributed by atoms with Crippen molar-refractivity contribution in [3.63, 3.8) is 0 Å². The predicted molar refractivity (Wildman–Crippen MR) is 77.4 cm³/mol. The molecule has 0 spiro atoms. The Kier molecular flexibility index (Phi) is 4.94. The van der Waals surface area contributed by atoms with Gasteiger partial charge in [0.2, 0.25) is 0 Å². The molecule has 1 amide bonds. The zero-order chi connectivity index (χ0) is 13.8. The average molecular weight is 302 g/mol. The first kappa shape index (κ1) is 14.5. The number of methoxy groups -OCH3 is 1. The Hall–Kier alpha value is -0.930. The Morgan fingerprint density at radius 1 is 1.53 bits per heavy atom. The predicted octanol–water partition coefficient (Wildman–Crippen LogP) is 3.44. The van der Waals surface area contributed by atoms with E-state index in [0.29, 0.717) is 34.7 Å². The number of likely N-dealkylation sites (tertiary alicyclic amines) is 1. The third kappa shape index (κ3) is 3.34. The summed E-state index contributed by atoms with van der Waals surface area (Å²) >= 11 is 11.9. The lowest BCUT2D eigenvalue weighted by molar-refractivity contribution is 0.0681.